The molecule has 0 aromatic heterocycles. The normalized spacial score (nSPS) is 37.6. The quantitative estimate of drug-likeness (QED) is 0.810. The molecule has 1 aliphatic carbocycles. The van der Waals surface area contributed by atoms with Gasteiger partial charge in [0.25, 0.3) is 0 Å². The lowest BCUT2D eigenvalue weighted by molar-refractivity contribution is -0.150. The second-order valence-electron chi connectivity index (χ2n) is 5.91. The number of carbonyl (C=O) groups is 2. The van der Waals surface area contributed by atoms with Gasteiger partial charge in [-0.25, -0.2) is 0 Å². The lowest BCUT2D eigenvalue weighted by Gasteiger charge is -2.45. The van der Waals surface area contributed by atoms with E-state index in [1.807, 2.05) is 11.8 Å². The molecule has 0 radical (unpaired) electrons. The largest absolute Gasteiger partial charge is 0.345 e. The number of rotatable bonds is 2. The van der Waals surface area contributed by atoms with Crippen molar-refractivity contribution >= 4 is 11.8 Å². The zero-order valence-electron chi connectivity index (χ0n) is 11.6. The Labute approximate surface area is 109 Å². The molecule has 4 atom stereocenters. The van der Waals surface area contributed by atoms with Crippen molar-refractivity contribution in [2.45, 2.75) is 58.5 Å². The van der Waals surface area contributed by atoms with Crippen molar-refractivity contribution in [2.24, 2.45) is 11.8 Å². The number of nitrogens with one attached hydrogen (secondary N) is 1. The Hall–Kier alpha value is -1.06. The van der Waals surface area contributed by atoms with Gasteiger partial charge >= 0.3 is 0 Å². The fourth-order valence-corrected chi connectivity index (χ4v) is 3.53. The lowest BCUT2D eigenvalue weighted by Crippen LogP contribution is -2.62. The summed E-state index contributed by atoms with van der Waals surface area (Å²) in [7, 11) is 0. The van der Waals surface area contributed by atoms with Crippen LogP contribution >= 0.6 is 0 Å². The maximum Gasteiger partial charge on any atom is 0.243 e. The standard InChI is InChI=1S/C14H24N2O2/c1-4-11-14(18)15-8-13(17)16(11)12-6-5-9(2)7-10(12)3/h9-12H,4-8H2,1-3H3,(H,15,18). The van der Waals surface area contributed by atoms with Crippen LogP contribution in [0.15, 0.2) is 0 Å². The number of nitrogens with zero attached hydrogens (tertiary/aromatic N) is 1. The zero-order valence-corrected chi connectivity index (χ0v) is 11.6. The monoisotopic (exact) mass is 252 g/mol. The lowest BCUT2D eigenvalue weighted by atomic mass is 9.78. The van der Waals surface area contributed by atoms with E-state index < -0.39 is 0 Å². The van der Waals surface area contributed by atoms with E-state index in [0.717, 1.165) is 25.2 Å². The average molecular weight is 252 g/mol. The minimum absolute atomic E-state index is 0.0166. The van der Waals surface area contributed by atoms with E-state index in [2.05, 4.69) is 19.2 Å². The van der Waals surface area contributed by atoms with Crippen LogP contribution in [0.3, 0.4) is 0 Å². The summed E-state index contributed by atoms with van der Waals surface area (Å²) in [5.41, 5.74) is 0. The molecule has 0 spiro atoms. The SMILES string of the molecule is CCC1C(=O)NCC(=O)N1C1CCC(C)CC1C. The van der Waals surface area contributed by atoms with Crippen LogP contribution in [0.4, 0.5) is 0 Å². The molecule has 1 aliphatic heterocycles. The van der Waals surface area contributed by atoms with Crippen molar-refractivity contribution in [2.75, 3.05) is 6.54 Å². The molecule has 1 N–H and O–H groups in total. The fourth-order valence-electron chi connectivity index (χ4n) is 3.53. The van der Waals surface area contributed by atoms with Gasteiger partial charge in [-0.1, -0.05) is 20.8 Å². The maximum absolute atomic E-state index is 12.1. The van der Waals surface area contributed by atoms with Gasteiger partial charge in [0.2, 0.25) is 11.8 Å². The third-order valence-electron chi connectivity index (χ3n) is 4.47. The van der Waals surface area contributed by atoms with Crippen molar-refractivity contribution in [3.63, 3.8) is 0 Å². The van der Waals surface area contributed by atoms with Gasteiger partial charge in [0.05, 0.1) is 6.54 Å². The summed E-state index contributed by atoms with van der Waals surface area (Å²) in [6.07, 6.45) is 4.07. The number of hydrogen-bond acceptors (Lipinski definition) is 2. The van der Waals surface area contributed by atoms with Gasteiger partial charge < -0.3 is 10.2 Å². The highest BCUT2D eigenvalue weighted by Crippen LogP contribution is 2.33. The summed E-state index contributed by atoms with van der Waals surface area (Å²) >= 11 is 0. The average Bonchev–Trinajstić information content (AvgIpc) is 2.33. The molecule has 0 bridgehead atoms. The molecule has 4 unspecified atom stereocenters. The Morgan fingerprint density at radius 3 is 2.61 bits per heavy atom. The molecule has 0 aromatic carbocycles. The molecular formula is C14H24N2O2. The smallest absolute Gasteiger partial charge is 0.243 e. The summed E-state index contributed by atoms with van der Waals surface area (Å²) in [6.45, 7) is 6.64. The summed E-state index contributed by atoms with van der Waals surface area (Å²) in [5, 5.41) is 2.70. The Bertz CT molecular complexity index is 343. The molecule has 1 saturated heterocycles. The van der Waals surface area contributed by atoms with Crippen LogP contribution in [0, 0.1) is 11.8 Å². The van der Waals surface area contributed by atoms with Crippen molar-refractivity contribution in [3.05, 3.63) is 0 Å². The fraction of sp³-hybridized carbons (Fsp3) is 0.857. The van der Waals surface area contributed by atoms with E-state index in [0.29, 0.717) is 12.3 Å². The van der Waals surface area contributed by atoms with Gasteiger partial charge in [0.15, 0.2) is 0 Å². The number of hydrogen-bond donors (Lipinski definition) is 1. The number of amides is 2. The Morgan fingerprint density at radius 2 is 2.00 bits per heavy atom. The first-order valence-corrected chi connectivity index (χ1v) is 7.13. The molecule has 1 heterocycles. The van der Waals surface area contributed by atoms with E-state index in [9.17, 15) is 9.59 Å². The molecule has 2 aliphatic rings. The first-order chi connectivity index (χ1) is 8.54. The predicted octanol–water partition coefficient (Wildman–Crippen LogP) is 1.55. The molecule has 0 aromatic rings. The van der Waals surface area contributed by atoms with E-state index >= 15 is 0 Å². The van der Waals surface area contributed by atoms with Crippen LogP contribution in [0.25, 0.3) is 0 Å². The molecule has 2 fully saturated rings. The van der Waals surface area contributed by atoms with Gasteiger partial charge in [-0.2, -0.15) is 0 Å². The summed E-state index contributed by atoms with van der Waals surface area (Å²) in [6, 6.07) is -0.00296. The third kappa shape index (κ3) is 2.38. The highest BCUT2D eigenvalue weighted by Gasteiger charge is 2.41. The summed E-state index contributed by atoms with van der Waals surface area (Å²) in [4.78, 5) is 25.9. The van der Waals surface area contributed by atoms with Crippen molar-refractivity contribution < 1.29 is 9.59 Å². The Morgan fingerprint density at radius 1 is 1.28 bits per heavy atom. The Kier molecular flexibility index (Phi) is 3.93. The number of carbonyl (C=O) groups excluding carboxylic acids is 2. The van der Waals surface area contributed by atoms with Crippen LogP contribution in [0.5, 0.6) is 0 Å². The highest BCUT2D eigenvalue weighted by molar-refractivity contribution is 5.95. The van der Waals surface area contributed by atoms with E-state index in [4.69, 9.17) is 0 Å². The van der Waals surface area contributed by atoms with E-state index in [-0.39, 0.29) is 30.4 Å². The van der Waals surface area contributed by atoms with Crippen LogP contribution in [0.2, 0.25) is 0 Å². The number of piperazine rings is 1. The van der Waals surface area contributed by atoms with Gasteiger partial charge in [-0.05, 0) is 37.5 Å². The highest BCUT2D eigenvalue weighted by atomic mass is 16.2. The van der Waals surface area contributed by atoms with Crippen molar-refractivity contribution in [3.8, 4) is 0 Å². The molecule has 102 valence electrons. The summed E-state index contributed by atoms with van der Waals surface area (Å²) in [5.74, 6) is 1.35. The predicted molar refractivity (Wildman–Crippen MR) is 69.9 cm³/mol. The van der Waals surface area contributed by atoms with E-state index in [1.54, 1.807) is 0 Å². The summed E-state index contributed by atoms with van der Waals surface area (Å²) < 4.78 is 0. The topological polar surface area (TPSA) is 49.4 Å². The maximum atomic E-state index is 12.1. The van der Waals surface area contributed by atoms with Crippen LogP contribution in [-0.2, 0) is 9.59 Å². The van der Waals surface area contributed by atoms with Crippen molar-refractivity contribution in [1.29, 1.82) is 0 Å². The second-order valence-corrected chi connectivity index (χ2v) is 5.91. The first kappa shape index (κ1) is 13.4. The Balaban J connectivity index is 2.17. The second kappa shape index (κ2) is 5.29. The van der Waals surface area contributed by atoms with Crippen LogP contribution in [0.1, 0.15) is 46.5 Å². The van der Waals surface area contributed by atoms with Gasteiger partial charge in [-0.15, -0.1) is 0 Å². The minimum atomic E-state index is -0.257. The first-order valence-electron chi connectivity index (χ1n) is 7.13. The molecular weight excluding hydrogens is 228 g/mol. The molecule has 18 heavy (non-hydrogen) atoms. The molecule has 1 saturated carbocycles. The van der Waals surface area contributed by atoms with E-state index in [1.165, 1.54) is 0 Å². The van der Waals surface area contributed by atoms with Gasteiger partial charge in [-0.3, -0.25) is 9.59 Å². The molecule has 2 rings (SSSR count). The zero-order chi connectivity index (χ0) is 13.3. The molecule has 2 amide bonds. The van der Waals surface area contributed by atoms with Gasteiger partial charge in [0.1, 0.15) is 6.04 Å². The minimum Gasteiger partial charge on any atom is -0.345 e. The molecule has 4 heteroatoms. The van der Waals surface area contributed by atoms with Crippen LogP contribution in [-0.4, -0.2) is 35.3 Å². The third-order valence-corrected chi connectivity index (χ3v) is 4.47. The molecule has 4 nitrogen and oxygen atoms in total. The van der Waals surface area contributed by atoms with Crippen LogP contribution < -0.4 is 5.32 Å². The van der Waals surface area contributed by atoms with Crippen molar-refractivity contribution in [1.82, 2.24) is 10.2 Å². The van der Waals surface area contributed by atoms with Gasteiger partial charge in [0, 0.05) is 6.04 Å².